The molecule has 0 radical (unpaired) electrons. The smallest absolute Gasteiger partial charge is 0.152 e. The van der Waals surface area contributed by atoms with Crippen LogP contribution >= 0.6 is 0 Å². The van der Waals surface area contributed by atoms with Crippen LogP contribution in [0.2, 0.25) is 0 Å². The van der Waals surface area contributed by atoms with Gasteiger partial charge in [-0.3, -0.25) is 0 Å². The van der Waals surface area contributed by atoms with Crippen LogP contribution in [0.3, 0.4) is 0 Å². The third-order valence-corrected chi connectivity index (χ3v) is 3.78. The van der Waals surface area contributed by atoms with Crippen LogP contribution in [0.1, 0.15) is 25.5 Å². The van der Waals surface area contributed by atoms with Gasteiger partial charge >= 0.3 is 0 Å². The number of fused-ring (bicyclic) bond motifs is 1. The van der Waals surface area contributed by atoms with Crippen molar-refractivity contribution in [3.05, 3.63) is 24.2 Å². The predicted molar refractivity (Wildman–Crippen MR) is 78.2 cm³/mol. The topological polar surface area (TPSA) is 63.5 Å². The van der Waals surface area contributed by atoms with Gasteiger partial charge in [0.25, 0.3) is 0 Å². The van der Waals surface area contributed by atoms with Crippen LogP contribution in [0.4, 0.5) is 5.82 Å². The van der Waals surface area contributed by atoms with Gasteiger partial charge in [-0.1, -0.05) is 13.8 Å². The first-order chi connectivity index (χ1) is 9.69. The van der Waals surface area contributed by atoms with Crippen LogP contribution in [0.25, 0.3) is 5.52 Å². The van der Waals surface area contributed by atoms with E-state index in [4.69, 9.17) is 4.74 Å². The summed E-state index contributed by atoms with van der Waals surface area (Å²) < 4.78 is 7.36. The fraction of sp³-hybridized carbons (Fsp3) is 0.571. The van der Waals surface area contributed by atoms with E-state index in [2.05, 4.69) is 40.6 Å². The lowest BCUT2D eigenvalue weighted by Crippen LogP contribution is -2.34. The van der Waals surface area contributed by atoms with Crippen molar-refractivity contribution < 1.29 is 4.74 Å². The second-order valence-corrected chi connectivity index (χ2v) is 5.51. The molecule has 1 aliphatic heterocycles. The van der Waals surface area contributed by atoms with Crippen molar-refractivity contribution in [2.24, 2.45) is 0 Å². The first-order valence-corrected chi connectivity index (χ1v) is 7.03. The third kappa shape index (κ3) is 2.36. The van der Waals surface area contributed by atoms with Crippen LogP contribution in [-0.4, -0.2) is 46.9 Å². The Morgan fingerprint density at radius 3 is 3.05 bits per heavy atom. The van der Waals surface area contributed by atoms with E-state index in [1.165, 1.54) is 0 Å². The summed E-state index contributed by atoms with van der Waals surface area (Å²) in [7, 11) is 1.75. The van der Waals surface area contributed by atoms with Gasteiger partial charge in [0.1, 0.15) is 5.52 Å². The Hall–Kier alpha value is -1.66. The van der Waals surface area contributed by atoms with Gasteiger partial charge < -0.3 is 15.4 Å². The normalized spacial score (nSPS) is 22.8. The molecule has 3 heterocycles. The van der Waals surface area contributed by atoms with Gasteiger partial charge in [0, 0.05) is 32.6 Å². The summed E-state index contributed by atoms with van der Waals surface area (Å²) in [6, 6.07) is 2.33. The molecule has 1 unspecified atom stereocenters. The molecule has 6 nitrogen and oxygen atoms in total. The highest BCUT2D eigenvalue weighted by atomic mass is 16.5. The van der Waals surface area contributed by atoms with Gasteiger partial charge in [0.05, 0.1) is 17.8 Å². The molecule has 108 valence electrons. The molecular weight excluding hydrogens is 254 g/mol. The Bertz CT molecular complexity index is 594. The Morgan fingerprint density at radius 1 is 1.45 bits per heavy atom. The van der Waals surface area contributed by atoms with Crippen LogP contribution in [-0.2, 0) is 4.74 Å². The highest BCUT2D eigenvalue weighted by Crippen LogP contribution is 2.21. The van der Waals surface area contributed by atoms with E-state index in [1.54, 1.807) is 13.3 Å². The number of ether oxygens (including phenoxy) is 1. The van der Waals surface area contributed by atoms with Crippen LogP contribution in [0.15, 0.2) is 18.5 Å². The minimum atomic E-state index is 0.171. The van der Waals surface area contributed by atoms with Crippen molar-refractivity contribution in [2.75, 3.05) is 25.5 Å². The molecule has 0 bridgehead atoms. The second kappa shape index (κ2) is 5.38. The van der Waals surface area contributed by atoms with Gasteiger partial charge in [0.2, 0.25) is 0 Å². The summed E-state index contributed by atoms with van der Waals surface area (Å²) >= 11 is 0. The number of hydrogen-bond donors (Lipinski definition) is 2. The number of nitrogens with zero attached hydrogens (tertiary/aromatic N) is 3. The lowest BCUT2D eigenvalue weighted by molar-refractivity contribution is 0.111. The first kappa shape index (κ1) is 13.3. The maximum absolute atomic E-state index is 5.48. The van der Waals surface area contributed by atoms with Crippen LogP contribution < -0.4 is 10.6 Å². The summed E-state index contributed by atoms with van der Waals surface area (Å²) in [5.74, 6) is 1.27. The standard InChI is InChI=1S/C14H21N5O/c1-9(2)10-6-12-14(16-4-5-19(12)18-10)17-11-7-15-8-13(11)20-3/h4-6,9,11,13,15H,7-8H2,1-3H3,(H,16,17)/t11?,13-/m0/s1. The zero-order chi connectivity index (χ0) is 14.1. The summed E-state index contributed by atoms with van der Waals surface area (Å²) in [4.78, 5) is 4.46. The maximum atomic E-state index is 5.48. The SMILES string of the molecule is CO[C@H]1CNCC1Nc1nccn2nc(C(C)C)cc12. The summed E-state index contributed by atoms with van der Waals surface area (Å²) in [6.07, 6.45) is 3.83. The summed E-state index contributed by atoms with van der Waals surface area (Å²) in [5.41, 5.74) is 2.09. The fourth-order valence-electron chi connectivity index (χ4n) is 2.56. The van der Waals surface area contributed by atoms with Crippen molar-refractivity contribution in [1.82, 2.24) is 19.9 Å². The summed E-state index contributed by atoms with van der Waals surface area (Å²) in [5, 5.41) is 11.4. The van der Waals surface area contributed by atoms with E-state index in [1.807, 2.05) is 10.7 Å². The average molecular weight is 275 g/mol. The highest BCUT2D eigenvalue weighted by molar-refractivity contribution is 5.68. The molecule has 2 aromatic rings. The van der Waals surface area contributed by atoms with Crippen molar-refractivity contribution >= 4 is 11.3 Å². The minimum Gasteiger partial charge on any atom is -0.378 e. The van der Waals surface area contributed by atoms with E-state index < -0.39 is 0 Å². The van der Waals surface area contributed by atoms with Gasteiger partial charge in [0.15, 0.2) is 5.82 Å². The Morgan fingerprint density at radius 2 is 2.30 bits per heavy atom. The molecule has 3 rings (SSSR count). The highest BCUT2D eigenvalue weighted by Gasteiger charge is 2.27. The quantitative estimate of drug-likeness (QED) is 0.879. The number of methoxy groups -OCH3 is 1. The predicted octanol–water partition coefficient (Wildman–Crippen LogP) is 1.25. The Kier molecular flexibility index (Phi) is 3.58. The van der Waals surface area contributed by atoms with E-state index in [9.17, 15) is 0 Å². The molecule has 0 spiro atoms. The molecule has 6 heteroatoms. The average Bonchev–Trinajstić information content (AvgIpc) is 3.04. The lowest BCUT2D eigenvalue weighted by atomic mass is 10.1. The molecule has 2 aromatic heterocycles. The molecule has 2 N–H and O–H groups in total. The number of hydrogen-bond acceptors (Lipinski definition) is 5. The van der Waals surface area contributed by atoms with Gasteiger partial charge in [-0.15, -0.1) is 0 Å². The minimum absolute atomic E-state index is 0.171. The molecule has 1 fully saturated rings. The molecule has 1 saturated heterocycles. The molecular formula is C14H21N5O. The molecule has 0 aromatic carbocycles. The van der Waals surface area contributed by atoms with Crippen molar-refractivity contribution in [2.45, 2.75) is 31.9 Å². The van der Waals surface area contributed by atoms with Gasteiger partial charge in [-0.05, 0) is 12.0 Å². The zero-order valence-corrected chi connectivity index (χ0v) is 12.1. The lowest BCUT2D eigenvalue weighted by Gasteiger charge is -2.19. The fourth-order valence-corrected chi connectivity index (χ4v) is 2.56. The van der Waals surface area contributed by atoms with E-state index >= 15 is 0 Å². The van der Waals surface area contributed by atoms with Crippen LogP contribution in [0, 0.1) is 0 Å². The maximum Gasteiger partial charge on any atom is 0.152 e. The molecule has 0 aliphatic carbocycles. The molecule has 1 aliphatic rings. The number of anilines is 1. The molecule has 20 heavy (non-hydrogen) atoms. The second-order valence-electron chi connectivity index (χ2n) is 5.51. The number of rotatable bonds is 4. The molecule has 0 saturated carbocycles. The van der Waals surface area contributed by atoms with Gasteiger partial charge in [-0.2, -0.15) is 5.10 Å². The number of aromatic nitrogens is 3. The molecule has 0 amide bonds. The van der Waals surface area contributed by atoms with Crippen molar-refractivity contribution in [1.29, 1.82) is 0 Å². The summed E-state index contributed by atoms with van der Waals surface area (Å²) in [6.45, 7) is 6.04. The monoisotopic (exact) mass is 275 g/mol. The first-order valence-electron chi connectivity index (χ1n) is 7.03. The van der Waals surface area contributed by atoms with E-state index in [-0.39, 0.29) is 12.1 Å². The zero-order valence-electron chi connectivity index (χ0n) is 12.1. The molecule has 2 atom stereocenters. The largest absolute Gasteiger partial charge is 0.378 e. The Labute approximate surface area is 118 Å². The Balaban J connectivity index is 1.91. The van der Waals surface area contributed by atoms with Gasteiger partial charge in [-0.25, -0.2) is 9.50 Å². The third-order valence-electron chi connectivity index (χ3n) is 3.78. The van der Waals surface area contributed by atoms with Crippen molar-refractivity contribution in [3.63, 3.8) is 0 Å². The van der Waals surface area contributed by atoms with Crippen molar-refractivity contribution in [3.8, 4) is 0 Å². The van der Waals surface area contributed by atoms with Crippen LogP contribution in [0.5, 0.6) is 0 Å². The van der Waals surface area contributed by atoms with E-state index in [0.717, 1.165) is 30.1 Å². The van der Waals surface area contributed by atoms with E-state index in [0.29, 0.717) is 5.92 Å². The number of nitrogens with one attached hydrogen (secondary N) is 2.